The van der Waals surface area contributed by atoms with Crippen molar-refractivity contribution < 1.29 is 0 Å². The number of rotatable bonds is 7. The van der Waals surface area contributed by atoms with Crippen molar-refractivity contribution in [3.63, 3.8) is 0 Å². The van der Waals surface area contributed by atoms with Crippen LogP contribution in [0.2, 0.25) is 0 Å². The van der Waals surface area contributed by atoms with Crippen LogP contribution >= 0.6 is 35.3 Å². The Morgan fingerprint density at radius 2 is 2.25 bits per heavy atom. The molecular formula is C17H32IN5S. The lowest BCUT2D eigenvalue weighted by Crippen LogP contribution is -2.45. The zero-order valence-corrected chi connectivity index (χ0v) is 18.5. The van der Waals surface area contributed by atoms with Crippen LogP contribution in [-0.4, -0.2) is 55.1 Å². The second-order valence-corrected chi connectivity index (χ2v) is 7.28. The molecule has 1 unspecified atom stereocenters. The van der Waals surface area contributed by atoms with Crippen LogP contribution in [0.15, 0.2) is 10.4 Å². The van der Waals surface area contributed by atoms with Crippen molar-refractivity contribution in [2.45, 2.75) is 52.0 Å². The van der Waals surface area contributed by atoms with E-state index < -0.39 is 0 Å². The van der Waals surface area contributed by atoms with Gasteiger partial charge in [-0.1, -0.05) is 20.8 Å². The Morgan fingerprint density at radius 3 is 2.88 bits per heavy atom. The summed E-state index contributed by atoms with van der Waals surface area (Å²) < 4.78 is 0. The Morgan fingerprint density at radius 1 is 1.46 bits per heavy atom. The van der Waals surface area contributed by atoms with Crippen LogP contribution in [0.4, 0.5) is 0 Å². The highest BCUT2D eigenvalue weighted by atomic mass is 127. The summed E-state index contributed by atoms with van der Waals surface area (Å²) in [5.74, 6) is 1.41. The molecule has 0 spiro atoms. The molecule has 1 saturated heterocycles. The molecule has 1 aromatic heterocycles. The third kappa shape index (κ3) is 6.48. The summed E-state index contributed by atoms with van der Waals surface area (Å²) in [5.41, 5.74) is 1.18. The molecule has 2 N–H and O–H groups in total. The lowest BCUT2D eigenvalue weighted by Gasteiger charge is -2.23. The van der Waals surface area contributed by atoms with Gasteiger partial charge in [-0.3, -0.25) is 9.89 Å². The number of halogens is 1. The van der Waals surface area contributed by atoms with Gasteiger partial charge in [0.15, 0.2) is 5.96 Å². The molecule has 0 aliphatic carbocycles. The number of guanidine groups is 1. The zero-order chi connectivity index (χ0) is 16.7. The van der Waals surface area contributed by atoms with Crippen LogP contribution in [0.25, 0.3) is 0 Å². The average Bonchev–Trinajstić information content (AvgIpc) is 3.19. The number of aliphatic imine (C=N–C) groups is 1. The first-order valence-electron chi connectivity index (χ1n) is 8.76. The predicted octanol–water partition coefficient (Wildman–Crippen LogP) is 3.08. The number of hydrogen-bond acceptors (Lipinski definition) is 4. The van der Waals surface area contributed by atoms with Gasteiger partial charge in [0.25, 0.3) is 0 Å². The quantitative estimate of drug-likeness (QED) is 0.369. The van der Waals surface area contributed by atoms with Crippen LogP contribution < -0.4 is 10.6 Å². The van der Waals surface area contributed by atoms with Gasteiger partial charge in [0, 0.05) is 43.9 Å². The second-order valence-electron chi connectivity index (χ2n) is 6.39. The maximum atomic E-state index is 4.67. The zero-order valence-electron chi connectivity index (χ0n) is 15.3. The summed E-state index contributed by atoms with van der Waals surface area (Å²) >= 11 is 1.76. The summed E-state index contributed by atoms with van der Waals surface area (Å²) in [6.07, 6.45) is 3.54. The van der Waals surface area contributed by atoms with E-state index in [9.17, 15) is 0 Å². The van der Waals surface area contributed by atoms with Crippen LogP contribution in [0.5, 0.6) is 0 Å². The molecule has 138 valence electrons. The SMILES string of the molecule is CCN1CCCC1CNC(=NC)NCCc1csc(C(C)C)n1.I. The number of hydrogen-bond donors (Lipinski definition) is 2. The second kappa shape index (κ2) is 11.3. The normalized spacial score (nSPS) is 18.7. The molecule has 0 radical (unpaired) electrons. The van der Waals surface area contributed by atoms with E-state index in [1.807, 2.05) is 7.05 Å². The van der Waals surface area contributed by atoms with Gasteiger partial charge >= 0.3 is 0 Å². The lowest BCUT2D eigenvalue weighted by molar-refractivity contribution is 0.267. The molecule has 2 heterocycles. The molecule has 0 saturated carbocycles. The third-order valence-electron chi connectivity index (χ3n) is 4.37. The van der Waals surface area contributed by atoms with Crippen molar-refractivity contribution in [2.24, 2.45) is 4.99 Å². The first kappa shape index (κ1) is 21.6. The van der Waals surface area contributed by atoms with Gasteiger partial charge in [-0.15, -0.1) is 35.3 Å². The van der Waals surface area contributed by atoms with Gasteiger partial charge in [0.1, 0.15) is 0 Å². The molecule has 24 heavy (non-hydrogen) atoms. The summed E-state index contributed by atoms with van der Waals surface area (Å²) in [5, 5.41) is 10.3. The molecule has 1 aliphatic rings. The molecule has 2 rings (SSSR count). The number of aromatic nitrogens is 1. The molecule has 7 heteroatoms. The first-order chi connectivity index (χ1) is 11.1. The van der Waals surface area contributed by atoms with E-state index in [-0.39, 0.29) is 24.0 Å². The third-order valence-corrected chi connectivity index (χ3v) is 5.57. The highest BCUT2D eigenvalue weighted by Gasteiger charge is 2.22. The van der Waals surface area contributed by atoms with E-state index >= 15 is 0 Å². The largest absolute Gasteiger partial charge is 0.356 e. The summed E-state index contributed by atoms with van der Waals surface area (Å²) in [6, 6.07) is 0.644. The smallest absolute Gasteiger partial charge is 0.191 e. The summed E-state index contributed by atoms with van der Waals surface area (Å²) in [7, 11) is 1.83. The Balaban J connectivity index is 0.00000288. The van der Waals surface area contributed by atoms with E-state index in [0.29, 0.717) is 12.0 Å². The van der Waals surface area contributed by atoms with Gasteiger partial charge in [0.05, 0.1) is 10.7 Å². The minimum Gasteiger partial charge on any atom is -0.356 e. The lowest BCUT2D eigenvalue weighted by atomic mass is 10.2. The fraction of sp³-hybridized carbons (Fsp3) is 0.765. The monoisotopic (exact) mass is 465 g/mol. The topological polar surface area (TPSA) is 52.5 Å². The van der Waals surface area contributed by atoms with Gasteiger partial charge in [-0.05, 0) is 25.9 Å². The van der Waals surface area contributed by atoms with E-state index in [0.717, 1.165) is 32.0 Å². The Hall–Kier alpha value is -0.410. The number of likely N-dealkylation sites (tertiary alicyclic amines) is 1. The van der Waals surface area contributed by atoms with Crippen molar-refractivity contribution in [1.82, 2.24) is 20.5 Å². The molecule has 0 amide bonds. The van der Waals surface area contributed by atoms with Crippen LogP contribution in [-0.2, 0) is 6.42 Å². The molecule has 1 fully saturated rings. The van der Waals surface area contributed by atoms with Crippen molar-refractivity contribution in [3.8, 4) is 0 Å². The van der Waals surface area contributed by atoms with Crippen molar-refractivity contribution in [1.29, 1.82) is 0 Å². The predicted molar refractivity (Wildman–Crippen MR) is 115 cm³/mol. The maximum Gasteiger partial charge on any atom is 0.191 e. The van der Waals surface area contributed by atoms with Crippen LogP contribution in [0.3, 0.4) is 0 Å². The van der Waals surface area contributed by atoms with Gasteiger partial charge in [0.2, 0.25) is 0 Å². The number of likely N-dealkylation sites (N-methyl/N-ethyl adjacent to an activating group) is 1. The molecule has 0 bridgehead atoms. The van der Waals surface area contributed by atoms with Gasteiger partial charge < -0.3 is 10.6 Å². The first-order valence-corrected chi connectivity index (χ1v) is 9.64. The van der Waals surface area contributed by atoms with Crippen LogP contribution in [0, 0.1) is 0 Å². The highest BCUT2D eigenvalue weighted by molar-refractivity contribution is 14.0. The molecule has 1 aromatic rings. The molecule has 1 aliphatic heterocycles. The Labute approximate surface area is 167 Å². The van der Waals surface area contributed by atoms with Crippen molar-refractivity contribution in [2.75, 3.05) is 33.2 Å². The summed E-state index contributed by atoms with van der Waals surface area (Å²) in [6.45, 7) is 10.8. The minimum absolute atomic E-state index is 0. The molecule has 1 atom stereocenters. The maximum absolute atomic E-state index is 4.67. The van der Waals surface area contributed by atoms with E-state index in [1.54, 1.807) is 11.3 Å². The standard InChI is InChI=1S/C17H31N5S.HI/c1-5-22-10-6-7-15(22)11-20-17(18-4)19-9-8-14-12-23-16(21-14)13(2)3;/h12-13,15H,5-11H2,1-4H3,(H2,18,19,20);1H. The molecular weight excluding hydrogens is 433 g/mol. The Kier molecular flexibility index (Phi) is 10.1. The van der Waals surface area contributed by atoms with Crippen LogP contribution in [0.1, 0.15) is 50.2 Å². The average molecular weight is 465 g/mol. The van der Waals surface area contributed by atoms with Gasteiger partial charge in [-0.25, -0.2) is 4.98 Å². The minimum atomic E-state index is 0. The number of nitrogens with zero attached hydrogens (tertiary/aromatic N) is 3. The van der Waals surface area contributed by atoms with E-state index in [1.165, 1.54) is 30.1 Å². The Bertz CT molecular complexity index is 503. The van der Waals surface area contributed by atoms with Crippen molar-refractivity contribution >= 4 is 41.3 Å². The summed E-state index contributed by atoms with van der Waals surface area (Å²) in [4.78, 5) is 11.5. The highest BCUT2D eigenvalue weighted by Crippen LogP contribution is 2.19. The van der Waals surface area contributed by atoms with Crippen molar-refractivity contribution in [3.05, 3.63) is 16.1 Å². The van der Waals surface area contributed by atoms with Gasteiger partial charge in [-0.2, -0.15) is 0 Å². The van der Waals surface area contributed by atoms with E-state index in [4.69, 9.17) is 0 Å². The molecule has 0 aromatic carbocycles. The number of nitrogens with one attached hydrogen (secondary N) is 2. The van der Waals surface area contributed by atoms with E-state index in [2.05, 4.69) is 51.7 Å². The fourth-order valence-electron chi connectivity index (χ4n) is 2.99. The molecule has 5 nitrogen and oxygen atoms in total. The number of thiazole rings is 1. The fourth-order valence-corrected chi connectivity index (χ4v) is 3.86.